The van der Waals surface area contributed by atoms with Crippen LogP contribution < -0.4 is 15.8 Å². The Hall–Kier alpha value is -1.36. The minimum Gasteiger partial charge on any atom is -0.475 e. The number of rotatable bonds is 7. The summed E-state index contributed by atoms with van der Waals surface area (Å²) in [4.78, 5) is 8.64. The maximum atomic E-state index is 5.70. The molecular weight excluding hydrogens is 228 g/mol. The molecule has 0 aliphatic carbocycles. The molecule has 0 fully saturated rings. The highest BCUT2D eigenvalue weighted by Gasteiger charge is 2.04. The standard InChI is InChI=1S/C13H24N4O/c1-9(2)18-12-8-11(4)16-13(17-12)15-7-5-6-10(3)14/h8-10H,5-7,14H2,1-4H3,(H,15,16,17). The van der Waals surface area contributed by atoms with E-state index >= 15 is 0 Å². The first-order valence-electron chi connectivity index (χ1n) is 6.49. The van der Waals surface area contributed by atoms with E-state index < -0.39 is 0 Å². The van der Waals surface area contributed by atoms with Crippen molar-refractivity contribution in [2.45, 2.75) is 52.7 Å². The van der Waals surface area contributed by atoms with Crippen molar-refractivity contribution in [2.75, 3.05) is 11.9 Å². The molecule has 3 N–H and O–H groups in total. The molecule has 0 saturated carbocycles. The molecule has 18 heavy (non-hydrogen) atoms. The Bertz CT molecular complexity index is 366. The molecule has 1 unspecified atom stereocenters. The molecule has 0 radical (unpaired) electrons. The van der Waals surface area contributed by atoms with Gasteiger partial charge in [-0.1, -0.05) is 0 Å². The van der Waals surface area contributed by atoms with Crippen molar-refractivity contribution in [1.29, 1.82) is 0 Å². The van der Waals surface area contributed by atoms with Crippen molar-refractivity contribution in [2.24, 2.45) is 5.73 Å². The molecule has 5 nitrogen and oxygen atoms in total. The second kappa shape index (κ2) is 7.16. The molecule has 5 heteroatoms. The molecule has 0 bridgehead atoms. The monoisotopic (exact) mass is 252 g/mol. The highest BCUT2D eigenvalue weighted by atomic mass is 16.5. The lowest BCUT2D eigenvalue weighted by Crippen LogP contribution is -2.17. The van der Waals surface area contributed by atoms with Crippen molar-refractivity contribution < 1.29 is 4.74 Å². The van der Waals surface area contributed by atoms with E-state index in [1.165, 1.54) is 0 Å². The van der Waals surface area contributed by atoms with Crippen LogP contribution in [0.4, 0.5) is 5.95 Å². The summed E-state index contributed by atoms with van der Waals surface area (Å²) in [5, 5.41) is 3.20. The zero-order valence-electron chi connectivity index (χ0n) is 11.7. The lowest BCUT2D eigenvalue weighted by Gasteiger charge is -2.11. The summed E-state index contributed by atoms with van der Waals surface area (Å²) in [5.41, 5.74) is 6.59. The normalized spacial score (nSPS) is 12.6. The van der Waals surface area contributed by atoms with Gasteiger partial charge in [0.2, 0.25) is 11.8 Å². The lowest BCUT2D eigenvalue weighted by atomic mass is 10.2. The first-order chi connectivity index (χ1) is 8.47. The van der Waals surface area contributed by atoms with Crippen LogP contribution in [0.15, 0.2) is 6.07 Å². The van der Waals surface area contributed by atoms with E-state index in [9.17, 15) is 0 Å². The van der Waals surface area contributed by atoms with Crippen LogP contribution in [-0.4, -0.2) is 28.7 Å². The van der Waals surface area contributed by atoms with Crippen molar-refractivity contribution in [1.82, 2.24) is 9.97 Å². The largest absolute Gasteiger partial charge is 0.475 e. The summed E-state index contributed by atoms with van der Waals surface area (Å²) in [5.74, 6) is 1.24. The Balaban J connectivity index is 2.51. The molecule has 0 aliphatic rings. The van der Waals surface area contributed by atoms with Gasteiger partial charge in [-0.25, -0.2) is 4.98 Å². The number of aromatic nitrogens is 2. The van der Waals surface area contributed by atoms with Crippen LogP contribution in [-0.2, 0) is 0 Å². The molecule has 0 aromatic carbocycles. The van der Waals surface area contributed by atoms with E-state index in [-0.39, 0.29) is 12.1 Å². The Morgan fingerprint density at radius 1 is 1.33 bits per heavy atom. The average Bonchev–Trinajstić information content (AvgIpc) is 2.22. The summed E-state index contributed by atoms with van der Waals surface area (Å²) >= 11 is 0. The van der Waals surface area contributed by atoms with Crippen molar-refractivity contribution in [3.8, 4) is 5.88 Å². The number of aryl methyl sites for hydroxylation is 1. The molecule has 1 aromatic heterocycles. The van der Waals surface area contributed by atoms with Crippen LogP contribution in [0.2, 0.25) is 0 Å². The summed E-state index contributed by atoms with van der Waals surface area (Å²) in [6.07, 6.45) is 2.12. The van der Waals surface area contributed by atoms with Crippen LogP contribution in [0.3, 0.4) is 0 Å². The Kier molecular flexibility index (Phi) is 5.85. The topological polar surface area (TPSA) is 73.1 Å². The molecule has 1 heterocycles. The van der Waals surface area contributed by atoms with E-state index in [4.69, 9.17) is 10.5 Å². The van der Waals surface area contributed by atoms with E-state index in [1.807, 2.05) is 33.8 Å². The van der Waals surface area contributed by atoms with Crippen LogP contribution in [0.1, 0.15) is 39.3 Å². The van der Waals surface area contributed by atoms with Crippen LogP contribution in [0.25, 0.3) is 0 Å². The van der Waals surface area contributed by atoms with Crippen LogP contribution in [0, 0.1) is 6.92 Å². The summed E-state index contributed by atoms with van der Waals surface area (Å²) in [7, 11) is 0. The second-order valence-corrected chi connectivity index (χ2v) is 4.88. The Labute approximate surface area is 109 Å². The van der Waals surface area contributed by atoms with Gasteiger partial charge in [0.15, 0.2) is 0 Å². The van der Waals surface area contributed by atoms with E-state index in [1.54, 1.807) is 0 Å². The molecule has 102 valence electrons. The summed E-state index contributed by atoms with van der Waals surface area (Å²) in [6.45, 7) is 8.73. The number of ether oxygens (including phenoxy) is 1. The van der Waals surface area contributed by atoms with Gasteiger partial charge in [0.05, 0.1) is 6.10 Å². The molecule has 1 atom stereocenters. The quantitative estimate of drug-likeness (QED) is 0.727. The minimum absolute atomic E-state index is 0.116. The highest BCUT2D eigenvalue weighted by Crippen LogP contribution is 2.13. The summed E-state index contributed by atoms with van der Waals surface area (Å²) in [6, 6.07) is 2.08. The van der Waals surface area contributed by atoms with Crippen molar-refractivity contribution >= 4 is 5.95 Å². The number of hydrogen-bond donors (Lipinski definition) is 2. The van der Waals surface area contributed by atoms with Gasteiger partial charge < -0.3 is 15.8 Å². The van der Waals surface area contributed by atoms with Crippen molar-refractivity contribution in [3.05, 3.63) is 11.8 Å². The molecule has 1 rings (SSSR count). The van der Waals surface area contributed by atoms with Gasteiger partial charge in [-0.15, -0.1) is 0 Å². The first-order valence-corrected chi connectivity index (χ1v) is 6.49. The third-order valence-electron chi connectivity index (χ3n) is 2.31. The first kappa shape index (κ1) is 14.7. The Morgan fingerprint density at radius 2 is 2.06 bits per heavy atom. The smallest absolute Gasteiger partial charge is 0.226 e. The molecule has 0 saturated heterocycles. The fourth-order valence-electron chi connectivity index (χ4n) is 1.54. The molecule has 0 aliphatic heterocycles. The zero-order valence-corrected chi connectivity index (χ0v) is 11.7. The predicted octanol–water partition coefficient (Wildman–Crippen LogP) is 2.11. The van der Waals surface area contributed by atoms with Crippen LogP contribution >= 0.6 is 0 Å². The molecule has 0 spiro atoms. The van der Waals surface area contributed by atoms with Gasteiger partial charge in [-0.05, 0) is 40.5 Å². The third kappa shape index (κ3) is 5.82. The number of nitrogens with zero attached hydrogens (tertiary/aromatic N) is 2. The number of nitrogens with two attached hydrogens (primary N) is 1. The Morgan fingerprint density at radius 3 is 2.67 bits per heavy atom. The van der Waals surface area contributed by atoms with Gasteiger partial charge in [0.1, 0.15) is 0 Å². The minimum atomic E-state index is 0.116. The van der Waals surface area contributed by atoms with Crippen LogP contribution in [0.5, 0.6) is 5.88 Å². The maximum absolute atomic E-state index is 5.70. The highest BCUT2D eigenvalue weighted by molar-refractivity contribution is 5.30. The SMILES string of the molecule is Cc1cc(OC(C)C)nc(NCCCC(C)N)n1. The van der Waals surface area contributed by atoms with Gasteiger partial charge in [0, 0.05) is 24.3 Å². The predicted molar refractivity (Wildman–Crippen MR) is 73.9 cm³/mol. The van der Waals surface area contributed by atoms with Gasteiger partial charge in [-0.3, -0.25) is 0 Å². The number of hydrogen-bond acceptors (Lipinski definition) is 5. The summed E-state index contributed by atoms with van der Waals surface area (Å²) < 4.78 is 5.57. The van der Waals surface area contributed by atoms with Gasteiger partial charge in [0.25, 0.3) is 0 Å². The van der Waals surface area contributed by atoms with Crippen molar-refractivity contribution in [3.63, 3.8) is 0 Å². The third-order valence-corrected chi connectivity index (χ3v) is 2.31. The average molecular weight is 252 g/mol. The molecule has 1 aromatic rings. The molecular formula is C13H24N4O. The second-order valence-electron chi connectivity index (χ2n) is 4.88. The zero-order chi connectivity index (χ0) is 13.5. The maximum Gasteiger partial charge on any atom is 0.226 e. The lowest BCUT2D eigenvalue weighted by molar-refractivity contribution is 0.232. The fourth-order valence-corrected chi connectivity index (χ4v) is 1.54. The van der Waals surface area contributed by atoms with E-state index in [0.29, 0.717) is 11.8 Å². The van der Waals surface area contributed by atoms with Gasteiger partial charge in [-0.2, -0.15) is 4.98 Å². The number of anilines is 1. The number of nitrogens with one attached hydrogen (secondary N) is 1. The van der Waals surface area contributed by atoms with E-state index in [0.717, 1.165) is 25.1 Å². The molecule has 0 amide bonds. The van der Waals surface area contributed by atoms with E-state index in [2.05, 4.69) is 15.3 Å². The fraction of sp³-hybridized carbons (Fsp3) is 0.692. The van der Waals surface area contributed by atoms with Gasteiger partial charge >= 0.3 is 0 Å².